The number of hydrogen-bond acceptors (Lipinski definition) is 7. The van der Waals surface area contributed by atoms with Gasteiger partial charge in [-0.2, -0.15) is 4.98 Å². The number of benzene rings is 2. The Morgan fingerprint density at radius 1 is 1.13 bits per heavy atom. The Balaban J connectivity index is 1.58. The average molecular weight is 439 g/mol. The SMILES string of the molecule is CCc1c(O)nc(SCC(=O)Nc2nc3ccccc3s2)n(-c2ccccc2)c1=O. The van der Waals surface area contributed by atoms with E-state index in [2.05, 4.69) is 15.3 Å². The molecule has 0 saturated heterocycles. The number of anilines is 1. The number of carbonyl (C=O) groups is 1. The van der Waals surface area contributed by atoms with Crippen molar-refractivity contribution in [3.63, 3.8) is 0 Å². The summed E-state index contributed by atoms with van der Waals surface area (Å²) in [7, 11) is 0. The molecule has 4 rings (SSSR count). The minimum atomic E-state index is -0.342. The van der Waals surface area contributed by atoms with Gasteiger partial charge in [0.15, 0.2) is 10.3 Å². The van der Waals surface area contributed by atoms with E-state index >= 15 is 0 Å². The van der Waals surface area contributed by atoms with Crippen molar-refractivity contribution in [3.8, 4) is 11.6 Å². The van der Waals surface area contributed by atoms with Gasteiger partial charge in [0, 0.05) is 0 Å². The zero-order valence-electron chi connectivity index (χ0n) is 16.0. The molecule has 0 radical (unpaired) electrons. The molecule has 0 unspecified atom stereocenters. The molecule has 0 bridgehead atoms. The minimum absolute atomic E-state index is 0.0140. The number of amides is 1. The minimum Gasteiger partial charge on any atom is -0.493 e. The second-order valence-corrected chi connectivity index (χ2v) is 8.32. The number of fused-ring (bicyclic) bond motifs is 1. The number of thioether (sulfide) groups is 1. The van der Waals surface area contributed by atoms with E-state index in [1.54, 1.807) is 19.1 Å². The Bertz CT molecular complexity index is 1240. The van der Waals surface area contributed by atoms with Crippen molar-refractivity contribution < 1.29 is 9.90 Å². The molecule has 4 aromatic rings. The lowest BCUT2D eigenvalue weighted by molar-refractivity contribution is -0.113. The number of nitrogens with zero attached hydrogens (tertiary/aromatic N) is 3. The summed E-state index contributed by atoms with van der Waals surface area (Å²) in [6, 6.07) is 16.7. The summed E-state index contributed by atoms with van der Waals surface area (Å²) in [5.41, 5.74) is 1.34. The summed E-state index contributed by atoms with van der Waals surface area (Å²) in [5, 5.41) is 13.7. The van der Waals surface area contributed by atoms with Gasteiger partial charge in [0.25, 0.3) is 5.56 Å². The van der Waals surface area contributed by atoms with Gasteiger partial charge >= 0.3 is 0 Å². The zero-order valence-corrected chi connectivity index (χ0v) is 17.7. The van der Waals surface area contributed by atoms with Gasteiger partial charge in [-0.05, 0) is 30.7 Å². The molecule has 9 heteroatoms. The van der Waals surface area contributed by atoms with Gasteiger partial charge in [-0.1, -0.05) is 60.4 Å². The van der Waals surface area contributed by atoms with Crippen LogP contribution in [0.2, 0.25) is 0 Å². The van der Waals surface area contributed by atoms with Crippen molar-refractivity contribution in [2.24, 2.45) is 0 Å². The van der Waals surface area contributed by atoms with Crippen molar-refractivity contribution in [1.29, 1.82) is 0 Å². The van der Waals surface area contributed by atoms with Crippen LogP contribution in [-0.4, -0.2) is 31.3 Å². The summed E-state index contributed by atoms with van der Waals surface area (Å²) in [6.45, 7) is 1.78. The summed E-state index contributed by atoms with van der Waals surface area (Å²) >= 11 is 2.47. The number of hydrogen-bond donors (Lipinski definition) is 2. The highest BCUT2D eigenvalue weighted by Gasteiger charge is 2.18. The molecule has 2 aromatic heterocycles. The van der Waals surface area contributed by atoms with Crippen LogP contribution in [0.25, 0.3) is 15.9 Å². The van der Waals surface area contributed by atoms with Crippen molar-refractivity contribution in [3.05, 3.63) is 70.5 Å². The first-order valence-electron chi connectivity index (χ1n) is 9.25. The standard InChI is InChI=1S/C21H18N4O3S2/c1-2-14-18(27)24-21(25(19(14)28)13-8-4-3-5-9-13)29-12-17(26)23-20-22-15-10-6-7-11-16(15)30-20/h3-11,27H,2,12H2,1H3,(H,22,23,26). The number of nitrogens with one attached hydrogen (secondary N) is 1. The fourth-order valence-corrected chi connectivity index (χ4v) is 4.63. The molecule has 1 amide bonds. The van der Waals surface area contributed by atoms with Crippen LogP contribution in [0.1, 0.15) is 12.5 Å². The normalized spacial score (nSPS) is 11.0. The van der Waals surface area contributed by atoms with Gasteiger partial charge < -0.3 is 10.4 Å². The fraction of sp³-hybridized carbons (Fsp3) is 0.143. The van der Waals surface area contributed by atoms with E-state index < -0.39 is 0 Å². The molecule has 2 N–H and O–H groups in total. The zero-order chi connectivity index (χ0) is 21.1. The molecule has 2 aromatic carbocycles. The summed E-state index contributed by atoms with van der Waals surface area (Å²) in [4.78, 5) is 34.0. The lowest BCUT2D eigenvalue weighted by atomic mass is 10.2. The number of aromatic nitrogens is 3. The molecular formula is C21H18N4O3S2. The van der Waals surface area contributed by atoms with Crippen molar-refractivity contribution in [1.82, 2.24) is 14.5 Å². The lowest BCUT2D eigenvalue weighted by Crippen LogP contribution is -2.25. The first-order chi connectivity index (χ1) is 14.6. The third-order valence-corrected chi connectivity index (χ3v) is 6.25. The highest BCUT2D eigenvalue weighted by molar-refractivity contribution is 7.99. The maximum Gasteiger partial charge on any atom is 0.265 e. The lowest BCUT2D eigenvalue weighted by Gasteiger charge is -2.13. The molecule has 0 atom stereocenters. The van der Waals surface area contributed by atoms with Gasteiger partial charge in [0.05, 0.1) is 27.2 Å². The Kier molecular flexibility index (Phi) is 5.82. The predicted molar refractivity (Wildman–Crippen MR) is 120 cm³/mol. The molecule has 152 valence electrons. The van der Waals surface area contributed by atoms with Crippen LogP contribution in [-0.2, 0) is 11.2 Å². The molecule has 0 fully saturated rings. The topological polar surface area (TPSA) is 97.1 Å². The molecule has 7 nitrogen and oxygen atoms in total. The quantitative estimate of drug-likeness (QED) is 0.351. The largest absolute Gasteiger partial charge is 0.493 e. The summed E-state index contributed by atoms with van der Waals surface area (Å²) in [5.74, 6) is -0.559. The predicted octanol–water partition coefficient (Wildman–Crippen LogP) is 3.84. The maximum absolute atomic E-state index is 12.9. The van der Waals surface area contributed by atoms with Gasteiger partial charge in [-0.15, -0.1) is 0 Å². The molecule has 2 heterocycles. The number of para-hydroxylation sites is 2. The average Bonchev–Trinajstić information content (AvgIpc) is 3.15. The Hall–Kier alpha value is -3.17. The fourth-order valence-electron chi connectivity index (χ4n) is 2.95. The van der Waals surface area contributed by atoms with Gasteiger partial charge in [0.1, 0.15) is 0 Å². The first kappa shape index (κ1) is 20.1. The van der Waals surface area contributed by atoms with Gasteiger partial charge in [-0.25, -0.2) is 4.98 Å². The second-order valence-electron chi connectivity index (χ2n) is 6.35. The summed E-state index contributed by atoms with van der Waals surface area (Å²) < 4.78 is 2.41. The van der Waals surface area contributed by atoms with E-state index in [-0.39, 0.29) is 33.8 Å². The van der Waals surface area contributed by atoms with E-state index in [9.17, 15) is 14.7 Å². The Labute approximate surface area is 180 Å². The van der Waals surface area contributed by atoms with E-state index in [1.165, 1.54) is 15.9 Å². The van der Waals surface area contributed by atoms with Crippen molar-refractivity contribution in [2.75, 3.05) is 11.1 Å². The molecule has 0 aliphatic carbocycles. The van der Waals surface area contributed by atoms with Gasteiger partial charge in [0.2, 0.25) is 11.8 Å². The second kappa shape index (κ2) is 8.68. The molecule has 0 saturated carbocycles. The van der Waals surface area contributed by atoms with Crippen molar-refractivity contribution in [2.45, 2.75) is 18.5 Å². The highest BCUT2D eigenvalue weighted by Crippen LogP contribution is 2.26. The maximum atomic E-state index is 12.9. The van der Waals surface area contributed by atoms with Crippen LogP contribution < -0.4 is 10.9 Å². The monoisotopic (exact) mass is 438 g/mol. The highest BCUT2D eigenvalue weighted by atomic mass is 32.2. The van der Waals surface area contributed by atoms with Crippen LogP contribution in [0.3, 0.4) is 0 Å². The molecule has 30 heavy (non-hydrogen) atoms. The number of carbonyl (C=O) groups excluding carboxylic acids is 1. The molecule has 0 aliphatic rings. The third-order valence-electron chi connectivity index (χ3n) is 4.36. The summed E-state index contributed by atoms with van der Waals surface area (Å²) in [6.07, 6.45) is 0.355. The third kappa shape index (κ3) is 4.07. The Morgan fingerprint density at radius 2 is 1.87 bits per heavy atom. The van der Waals surface area contributed by atoms with E-state index in [0.717, 1.165) is 22.0 Å². The number of rotatable bonds is 6. The smallest absolute Gasteiger partial charge is 0.265 e. The van der Waals surface area contributed by atoms with Crippen LogP contribution in [0.4, 0.5) is 5.13 Å². The molecular weight excluding hydrogens is 420 g/mol. The van der Waals surface area contributed by atoms with E-state index in [1.807, 2.05) is 42.5 Å². The first-order valence-corrected chi connectivity index (χ1v) is 11.1. The molecule has 0 aliphatic heterocycles. The van der Waals surface area contributed by atoms with E-state index in [4.69, 9.17) is 0 Å². The van der Waals surface area contributed by atoms with Crippen LogP contribution in [0.5, 0.6) is 5.88 Å². The van der Waals surface area contributed by atoms with E-state index in [0.29, 0.717) is 17.2 Å². The van der Waals surface area contributed by atoms with Crippen LogP contribution in [0.15, 0.2) is 64.5 Å². The Morgan fingerprint density at radius 3 is 2.60 bits per heavy atom. The number of aromatic hydroxyl groups is 1. The van der Waals surface area contributed by atoms with Crippen molar-refractivity contribution >= 4 is 44.4 Å². The van der Waals surface area contributed by atoms with Crippen LogP contribution in [0, 0.1) is 0 Å². The van der Waals surface area contributed by atoms with Gasteiger partial charge in [-0.3, -0.25) is 14.2 Å². The van der Waals surface area contributed by atoms with Crippen LogP contribution >= 0.6 is 23.1 Å². The number of thiazole rings is 1. The molecule has 0 spiro atoms.